The van der Waals surface area contributed by atoms with Crippen LogP contribution in [-0.4, -0.2) is 10.9 Å². The third-order valence-electron chi connectivity index (χ3n) is 3.37. The fourth-order valence-electron chi connectivity index (χ4n) is 2.29. The molecule has 0 aliphatic carbocycles. The van der Waals surface area contributed by atoms with E-state index < -0.39 is 0 Å². The second kappa shape index (κ2) is 6.18. The maximum Gasteiger partial charge on any atom is 0.224 e. The average molecular weight is 276 g/mol. The van der Waals surface area contributed by atoms with E-state index >= 15 is 0 Å². The topological polar surface area (TPSA) is 42.0 Å². The Morgan fingerprint density at radius 3 is 2.57 bits per heavy atom. The molecule has 0 saturated heterocycles. The summed E-state index contributed by atoms with van der Waals surface area (Å²) < 4.78 is 0. The van der Waals surface area contributed by atoms with Crippen molar-refractivity contribution in [2.24, 2.45) is 0 Å². The van der Waals surface area contributed by atoms with Crippen LogP contribution < -0.4 is 5.32 Å². The minimum Gasteiger partial charge on any atom is -0.350 e. The highest BCUT2D eigenvalue weighted by molar-refractivity contribution is 5.85. The molecule has 1 amide bonds. The Balaban J connectivity index is 1.63. The number of carbonyl (C=O) groups excluding carboxylic acids is 1. The summed E-state index contributed by atoms with van der Waals surface area (Å²) in [4.78, 5) is 16.2. The molecular formula is C18H16N2O. The Bertz CT molecular complexity index is 753. The van der Waals surface area contributed by atoms with Crippen LogP contribution in [0, 0.1) is 0 Å². The van der Waals surface area contributed by atoms with Crippen molar-refractivity contribution in [1.82, 2.24) is 10.3 Å². The first kappa shape index (κ1) is 13.3. The third kappa shape index (κ3) is 3.45. The van der Waals surface area contributed by atoms with Gasteiger partial charge >= 0.3 is 0 Å². The summed E-state index contributed by atoms with van der Waals surface area (Å²) in [6.07, 6.45) is 2.11. The molecular weight excluding hydrogens is 260 g/mol. The minimum atomic E-state index is 0.0101. The van der Waals surface area contributed by atoms with Crippen LogP contribution in [0.25, 0.3) is 10.8 Å². The number of carbonyl (C=O) groups is 1. The molecule has 0 radical (unpaired) electrons. The van der Waals surface area contributed by atoms with Crippen LogP contribution in [0.5, 0.6) is 0 Å². The van der Waals surface area contributed by atoms with E-state index in [4.69, 9.17) is 0 Å². The Morgan fingerprint density at radius 2 is 1.76 bits per heavy atom. The lowest BCUT2D eigenvalue weighted by atomic mass is 10.0. The second-order valence-electron chi connectivity index (χ2n) is 4.96. The zero-order chi connectivity index (χ0) is 14.5. The summed E-state index contributed by atoms with van der Waals surface area (Å²) in [5.41, 5.74) is 1.89. The summed E-state index contributed by atoms with van der Waals surface area (Å²) in [7, 11) is 0. The van der Waals surface area contributed by atoms with Crippen molar-refractivity contribution in [2.45, 2.75) is 13.0 Å². The normalized spacial score (nSPS) is 10.5. The van der Waals surface area contributed by atoms with Crippen molar-refractivity contribution in [3.63, 3.8) is 0 Å². The number of hydrogen-bond donors (Lipinski definition) is 1. The van der Waals surface area contributed by atoms with E-state index in [9.17, 15) is 4.79 Å². The largest absolute Gasteiger partial charge is 0.350 e. The second-order valence-corrected chi connectivity index (χ2v) is 4.96. The predicted molar refractivity (Wildman–Crippen MR) is 83.7 cm³/mol. The minimum absolute atomic E-state index is 0.0101. The molecule has 0 aliphatic heterocycles. The van der Waals surface area contributed by atoms with Crippen molar-refractivity contribution in [1.29, 1.82) is 0 Å². The first-order valence-electron chi connectivity index (χ1n) is 6.95. The van der Waals surface area contributed by atoms with E-state index in [0.29, 0.717) is 13.0 Å². The fraction of sp³-hybridized carbons (Fsp3) is 0.111. The lowest BCUT2D eigenvalue weighted by Crippen LogP contribution is -2.24. The number of nitrogens with zero attached hydrogens (tertiary/aromatic N) is 1. The molecule has 0 bridgehead atoms. The third-order valence-corrected chi connectivity index (χ3v) is 3.37. The van der Waals surface area contributed by atoms with Crippen molar-refractivity contribution in [3.8, 4) is 0 Å². The highest BCUT2D eigenvalue weighted by atomic mass is 16.1. The zero-order valence-corrected chi connectivity index (χ0v) is 11.6. The molecule has 1 aromatic heterocycles. The number of fused-ring (bicyclic) bond motifs is 1. The van der Waals surface area contributed by atoms with Crippen molar-refractivity contribution in [3.05, 3.63) is 78.1 Å². The molecule has 0 aliphatic rings. The molecule has 1 heterocycles. The monoisotopic (exact) mass is 276 g/mol. The Labute approximate surface area is 123 Å². The van der Waals surface area contributed by atoms with Crippen LogP contribution >= 0.6 is 0 Å². The van der Waals surface area contributed by atoms with Gasteiger partial charge in [0.1, 0.15) is 0 Å². The molecule has 3 heteroatoms. The molecule has 3 nitrogen and oxygen atoms in total. The van der Waals surface area contributed by atoms with Gasteiger partial charge in [-0.25, -0.2) is 0 Å². The van der Waals surface area contributed by atoms with Gasteiger partial charge in [0.25, 0.3) is 0 Å². The standard InChI is InChI=1S/C18H16N2O/c21-18(20-13-17-7-3-4-10-19-17)12-14-8-9-15-5-1-2-6-16(15)11-14/h1-11H,12-13H2,(H,20,21). The zero-order valence-electron chi connectivity index (χ0n) is 11.6. The molecule has 2 aromatic carbocycles. The van der Waals surface area contributed by atoms with E-state index in [1.165, 1.54) is 5.39 Å². The lowest BCUT2D eigenvalue weighted by molar-refractivity contribution is -0.120. The Hall–Kier alpha value is -2.68. The van der Waals surface area contributed by atoms with Crippen LogP contribution in [-0.2, 0) is 17.8 Å². The van der Waals surface area contributed by atoms with Gasteiger partial charge in [-0.15, -0.1) is 0 Å². The van der Waals surface area contributed by atoms with Crippen molar-refractivity contribution < 1.29 is 4.79 Å². The van der Waals surface area contributed by atoms with Crippen LogP contribution in [0.1, 0.15) is 11.3 Å². The molecule has 3 aromatic rings. The fourth-order valence-corrected chi connectivity index (χ4v) is 2.29. The number of pyridine rings is 1. The number of hydrogen-bond acceptors (Lipinski definition) is 2. The molecule has 0 fully saturated rings. The van der Waals surface area contributed by atoms with E-state index in [1.807, 2.05) is 36.4 Å². The molecule has 3 rings (SSSR count). The van der Waals surface area contributed by atoms with Gasteiger partial charge in [-0.05, 0) is 28.5 Å². The summed E-state index contributed by atoms with van der Waals surface area (Å²) >= 11 is 0. The molecule has 0 spiro atoms. The smallest absolute Gasteiger partial charge is 0.224 e. The molecule has 0 saturated carbocycles. The van der Waals surface area contributed by atoms with Gasteiger partial charge in [0.15, 0.2) is 0 Å². The van der Waals surface area contributed by atoms with E-state index in [0.717, 1.165) is 16.6 Å². The SMILES string of the molecule is O=C(Cc1ccc2ccccc2c1)NCc1ccccn1. The number of benzene rings is 2. The van der Waals surface area contributed by atoms with Crippen LogP contribution in [0.15, 0.2) is 66.9 Å². The Morgan fingerprint density at radius 1 is 0.952 bits per heavy atom. The first-order chi connectivity index (χ1) is 10.3. The van der Waals surface area contributed by atoms with Gasteiger partial charge < -0.3 is 5.32 Å². The molecule has 104 valence electrons. The van der Waals surface area contributed by atoms with Gasteiger partial charge in [-0.3, -0.25) is 9.78 Å². The van der Waals surface area contributed by atoms with Gasteiger partial charge in [0.05, 0.1) is 18.7 Å². The summed E-state index contributed by atoms with van der Waals surface area (Å²) in [6.45, 7) is 0.466. The highest BCUT2D eigenvalue weighted by Gasteiger charge is 2.04. The van der Waals surface area contributed by atoms with Crippen molar-refractivity contribution >= 4 is 16.7 Å². The quantitative estimate of drug-likeness (QED) is 0.795. The summed E-state index contributed by atoms with van der Waals surface area (Å²) in [5.74, 6) is 0.0101. The molecule has 21 heavy (non-hydrogen) atoms. The van der Waals surface area contributed by atoms with Crippen molar-refractivity contribution in [2.75, 3.05) is 0 Å². The summed E-state index contributed by atoms with van der Waals surface area (Å²) in [6, 6.07) is 19.9. The maximum atomic E-state index is 12.0. The van der Waals surface area contributed by atoms with Gasteiger partial charge in [-0.1, -0.05) is 48.5 Å². The Kier molecular flexibility index (Phi) is 3.92. The number of amides is 1. The van der Waals surface area contributed by atoms with Gasteiger partial charge in [0.2, 0.25) is 5.91 Å². The number of rotatable bonds is 4. The molecule has 0 unspecified atom stereocenters. The average Bonchev–Trinajstić information content (AvgIpc) is 2.54. The number of nitrogens with one attached hydrogen (secondary N) is 1. The molecule has 0 atom stereocenters. The van der Waals surface area contributed by atoms with E-state index in [1.54, 1.807) is 6.20 Å². The van der Waals surface area contributed by atoms with E-state index in [2.05, 4.69) is 34.6 Å². The van der Waals surface area contributed by atoms with Crippen LogP contribution in [0.4, 0.5) is 0 Å². The maximum absolute atomic E-state index is 12.0. The summed E-state index contributed by atoms with van der Waals surface area (Å²) in [5, 5.41) is 5.24. The van der Waals surface area contributed by atoms with Gasteiger partial charge in [-0.2, -0.15) is 0 Å². The van der Waals surface area contributed by atoms with E-state index in [-0.39, 0.29) is 5.91 Å². The first-order valence-corrected chi connectivity index (χ1v) is 6.95. The predicted octanol–water partition coefficient (Wildman–Crippen LogP) is 3.09. The van der Waals surface area contributed by atoms with Crippen LogP contribution in [0.3, 0.4) is 0 Å². The lowest BCUT2D eigenvalue weighted by Gasteiger charge is -2.06. The van der Waals surface area contributed by atoms with Gasteiger partial charge in [0, 0.05) is 6.20 Å². The highest BCUT2D eigenvalue weighted by Crippen LogP contribution is 2.15. The molecule has 1 N–H and O–H groups in total. The van der Waals surface area contributed by atoms with Crippen LogP contribution in [0.2, 0.25) is 0 Å². The number of aromatic nitrogens is 1.